The molecule has 0 radical (unpaired) electrons. The molecule has 19 heavy (non-hydrogen) atoms. The molecule has 3 nitrogen and oxygen atoms in total. The van der Waals surface area contributed by atoms with Gasteiger partial charge < -0.3 is 10.6 Å². The van der Waals surface area contributed by atoms with Crippen molar-refractivity contribution in [3.63, 3.8) is 0 Å². The Morgan fingerprint density at radius 3 is 2.42 bits per heavy atom. The Bertz CT molecular complexity index is 225. The SMILES string of the molecule is CCCCCCCCCCNC(=O)[C@@H]1CCCNC1. The number of nitrogens with one attached hydrogen (secondary N) is 2. The van der Waals surface area contributed by atoms with Crippen LogP contribution in [-0.4, -0.2) is 25.5 Å². The minimum atomic E-state index is 0.211. The molecule has 3 heteroatoms. The molecule has 1 heterocycles. The molecule has 1 aliphatic rings. The summed E-state index contributed by atoms with van der Waals surface area (Å²) in [6, 6.07) is 0. The first-order chi connectivity index (χ1) is 9.34. The predicted octanol–water partition coefficient (Wildman–Crippen LogP) is 3.24. The van der Waals surface area contributed by atoms with Gasteiger partial charge in [0.2, 0.25) is 5.91 Å². The minimum absolute atomic E-state index is 0.211. The summed E-state index contributed by atoms with van der Waals surface area (Å²) >= 11 is 0. The lowest BCUT2D eigenvalue weighted by Gasteiger charge is -2.21. The summed E-state index contributed by atoms with van der Waals surface area (Å²) in [6.07, 6.45) is 12.7. The van der Waals surface area contributed by atoms with Crippen LogP contribution < -0.4 is 10.6 Å². The molecule has 1 saturated heterocycles. The highest BCUT2D eigenvalue weighted by Gasteiger charge is 2.19. The first kappa shape index (κ1) is 16.5. The van der Waals surface area contributed by atoms with Crippen LogP contribution in [0.5, 0.6) is 0 Å². The van der Waals surface area contributed by atoms with Crippen LogP contribution in [0.2, 0.25) is 0 Å². The van der Waals surface area contributed by atoms with Crippen molar-refractivity contribution in [1.29, 1.82) is 0 Å². The smallest absolute Gasteiger partial charge is 0.224 e. The van der Waals surface area contributed by atoms with E-state index >= 15 is 0 Å². The molecule has 1 aliphatic heterocycles. The molecule has 0 aromatic rings. The van der Waals surface area contributed by atoms with Crippen molar-refractivity contribution in [2.24, 2.45) is 5.92 Å². The second kappa shape index (κ2) is 11.3. The van der Waals surface area contributed by atoms with E-state index in [2.05, 4.69) is 17.6 Å². The van der Waals surface area contributed by atoms with E-state index in [9.17, 15) is 4.79 Å². The van der Waals surface area contributed by atoms with Gasteiger partial charge in [0, 0.05) is 13.1 Å². The molecule has 1 rings (SSSR count). The van der Waals surface area contributed by atoms with E-state index in [0.29, 0.717) is 0 Å². The average molecular weight is 268 g/mol. The van der Waals surface area contributed by atoms with E-state index in [1.165, 1.54) is 44.9 Å². The maximum Gasteiger partial charge on any atom is 0.224 e. The second-order valence-corrected chi connectivity index (χ2v) is 5.81. The van der Waals surface area contributed by atoms with Gasteiger partial charge in [-0.2, -0.15) is 0 Å². The van der Waals surface area contributed by atoms with Gasteiger partial charge in [-0.3, -0.25) is 4.79 Å². The Balaban J connectivity index is 1.86. The molecule has 2 N–H and O–H groups in total. The van der Waals surface area contributed by atoms with Gasteiger partial charge in [0.05, 0.1) is 5.92 Å². The monoisotopic (exact) mass is 268 g/mol. The number of unbranched alkanes of at least 4 members (excludes halogenated alkanes) is 7. The third-order valence-electron chi connectivity index (χ3n) is 4.00. The molecule has 0 aromatic heterocycles. The quantitative estimate of drug-likeness (QED) is 0.597. The van der Waals surface area contributed by atoms with Crippen molar-refractivity contribution in [1.82, 2.24) is 10.6 Å². The second-order valence-electron chi connectivity index (χ2n) is 5.81. The summed E-state index contributed by atoms with van der Waals surface area (Å²) in [7, 11) is 0. The van der Waals surface area contributed by atoms with Crippen molar-refractivity contribution in [2.75, 3.05) is 19.6 Å². The van der Waals surface area contributed by atoms with Crippen LogP contribution in [0.3, 0.4) is 0 Å². The van der Waals surface area contributed by atoms with Crippen molar-refractivity contribution >= 4 is 5.91 Å². The first-order valence-corrected chi connectivity index (χ1v) is 8.33. The topological polar surface area (TPSA) is 41.1 Å². The molecule has 1 atom stereocenters. The van der Waals surface area contributed by atoms with Crippen LogP contribution in [0, 0.1) is 5.92 Å². The van der Waals surface area contributed by atoms with E-state index in [1.807, 2.05) is 0 Å². The Labute approximate surface area is 118 Å². The molecule has 0 bridgehead atoms. The number of carbonyl (C=O) groups is 1. The maximum atomic E-state index is 11.9. The van der Waals surface area contributed by atoms with Gasteiger partial charge in [0.25, 0.3) is 0 Å². The van der Waals surface area contributed by atoms with Crippen LogP contribution in [0.4, 0.5) is 0 Å². The van der Waals surface area contributed by atoms with E-state index in [4.69, 9.17) is 0 Å². The number of hydrogen-bond acceptors (Lipinski definition) is 2. The van der Waals surface area contributed by atoms with Crippen LogP contribution in [-0.2, 0) is 4.79 Å². The highest BCUT2D eigenvalue weighted by atomic mass is 16.1. The summed E-state index contributed by atoms with van der Waals surface area (Å²) in [6.45, 7) is 5.06. The van der Waals surface area contributed by atoms with Gasteiger partial charge >= 0.3 is 0 Å². The van der Waals surface area contributed by atoms with Gasteiger partial charge in [-0.05, 0) is 25.8 Å². The van der Waals surface area contributed by atoms with Gasteiger partial charge in [-0.25, -0.2) is 0 Å². The highest BCUT2D eigenvalue weighted by Crippen LogP contribution is 2.10. The van der Waals surface area contributed by atoms with Crippen LogP contribution in [0.25, 0.3) is 0 Å². The number of rotatable bonds is 10. The number of piperidine rings is 1. The summed E-state index contributed by atoms with van der Waals surface area (Å²) in [5.74, 6) is 0.470. The standard InChI is InChI=1S/C16H32N2O/c1-2-3-4-5-6-7-8-9-13-18-16(19)15-11-10-12-17-14-15/h15,17H,2-14H2,1H3,(H,18,19)/t15-/m1/s1. The summed E-state index contributed by atoms with van der Waals surface area (Å²) in [5.41, 5.74) is 0. The molecular weight excluding hydrogens is 236 g/mol. The molecule has 0 aromatic carbocycles. The lowest BCUT2D eigenvalue weighted by Crippen LogP contribution is -2.40. The maximum absolute atomic E-state index is 11.9. The molecule has 112 valence electrons. The zero-order valence-electron chi connectivity index (χ0n) is 12.7. The van der Waals surface area contributed by atoms with Crippen molar-refractivity contribution in [3.05, 3.63) is 0 Å². The Morgan fingerprint density at radius 2 is 1.79 bits per heavy atom. The summed E-state index contributed by atoms with van der Waals surface area (Å²) < 4.78 is 0. The molecular formula is C16H32N2O. The van der Waals surface area contributed by atoms with Crippen LogP contribution in [0.15, 0.2) is 0 Å². The zero-order valence-corrected chi connectivity index (χ0v) is 12.7. The third-order valence-corrected chi connectivity index (χ3v) is 4.00. The fourth-order valence-electron chi connectivity index (χ4n) is 2.69. The van der Waals surface area contributed by atoms with E-state index < -0.39 is 0 Å². The number of hydrogen-bond donors (Lipinski definition) is 2. The number of carbonyl (C=O) groups excluding carboxylic acids is 1. The molecule has 1 amide bonds. The predicted molar refractivity (Wildman–Crippen MR) is 81.2 cm³/mol. The zero-order chi connectivity index (χ0) is 13.8. The van der Waals surface area contributed by atoms with E-state index in [-0.39, 0.29) is 11.8 Å². The lowest BCUT2D eigenvalue weighted by atomic mass is 9.99. The summed E-state index contributed by atoms with van der Waals surface area (Å²) in [4.78, 5) is 11.9. The Morgan fingerprint density at radius 1 is 1.11 bits per heavy atom. The average Bonchev–Trinajstić information content (AvgIpc) is 2.46. The molecule has 0 spiro atoms. The lowest BCUT2D eigenvalue weighted by molar-refractivity contribution is -0.125. The van der Waals surface area contributed by atoms with Crippen molar-refractivity contribution in [2.45, 2.75) is 71.1 Å². The van der Waals surface area contributed by atoms with E-state index in [1.54, 1.807) is 0 Å². The highest BCUT2D eigenvalue weighted by molar-refractivity contribution is 5.78. The largest absolute Gasteiger partial charge is 0.356 e. The Kier molecular flexibility index (Phi) is 9.78. The minimum Gasteiger partial charge on any atom is -0.356 e. The van der Waals surface area contributed by atoms with Gasteiger partial charge in [0.15, 0.2) is 0 Å². The first-order valence-electron chi connectivity index (χ1n) is 8.33. The number of amides is 1. The third kappa shape index (κ3) is 8.25. The van der Waals surface area contributed by atoms with Crippen molar-refractivity contribution < 1.29 is 4.79 Å². The fraction of sp³-hybridized carbons (Fsp3) is 0.938. The van der Waals surface area contributed by atoms with Gasteiger partial charge in [0.1, 0.15) is 0 Å². The summed E-state index contributed by atoms with van der Waals surface area (Å²) in [5, 5.41) is 6.37. The normalized spacial score (nSPS) is 19.3. The van der Waals surface area contributed by atoms with Gasteiger partial charge in [-0.1, -0.05) is 51.9 Å². The molecule has 0 unspecified atom stereocenters. The van der Waals surface area contributed by atoms with Crippen LogP contribution in [0.1, 0.15) is 71.1 Å². The molecule has 1 fully saturated rings. The van der Waals surface area contributed by atoms with Gasteiger partial charge in [-0.15, -0.1) is 0 Å². The Hall–Kier alpha value is -0.570. The fourth-order valence-corrected chi connectivity index (χ4v) is 2.69. The van der Waals surface area contributed by atoms with Crippen molar-refractivity contribution in [3.8, 4) is 0 Å². The molecule has 0 aliphatic carbocycles. The van der Waals surface area contributed by atoms with E-state index in [0.717, 1.165) is 38.9 Å². The van der Waals surface area contributed by atoms with Crippen LogP contribution >= 0.6 is 0 Å². The molecule has 0 saturated carbocycles.